The molecule has 0 aliphatic heterocycles. The van der Waals surface area contributed by atoms with Crippen LogP contribution in [0.3, 0.4) is 0 Å². The number of aromatic nitrogens is 2. The van der Waals surface area contributed by atoms with Crippen molar-refractivity contribution in [2.24, 2.45) is 0 Å². The molecule has 0 spiro atoms. The van der Waals surface area contributed by atoms with Crippen molar-refractivity contribution in [2.75, 3.05) is 25.6 Å². The largest absolute Gasteiger partial charge is 0.468 e. The second-order valence-corrected chi connectivity index (χ2v) is 4.32. The van der Waals surface area contributed by atoms with Gasteiger partial charge in [-0.05, 0) is 18.9 Å². The summed E-state index contributed by atoms with van der Waals surface area (Å²) in [5.74, 6) is 0.588. The van der Waals surface area contributed by atoms with E-state index in [9.17, 15) is 4.79 Å². The Bertz CT molecular complexity index is 405. The maximum atomic E-state index is 11.2. The monoisotopic (exact) mass is 237 g/mol. The fourth-order valence-electron chi connectivity index (χ4n) is 1.37. The molecule has 0 atom stereocenters. The summed E-state index contributed by atoms with van der Waals surface area (Å²) in [5.41, 5.74) is 1.87. The molecular weight excluding hydrogens is 218 g/mol. The Kier molecular flexibility index (Phi) is 4.43. The molecule has 0 radical (unpaired) electrons. The van der Waals surface area contributed by atoms with Crippen LogP contribution in [0.1, 0.15) is 31.2 Å². The molecule has 5 nitrogen and oxygen atoms in total. The fraction of sp³-hybridized carbons (Fsp3) is 0.583. The van der Waals surface area contributed by atoms with Gasteiger partial charge in [-0.3, -0.25) is 4.79 Å². The third kappa shape index (κ3) is 3.69. The van der Waals surface area contributed by atoms with Gasteiger partial charge in [-0.15, -0.1) is 0 Å². The summed E-state index contributed by atoms with van der Waals surface area (Å²) >= 11 is 0. The predicted molar refractivity (Wildman–Crippen MR) is 66.1 cm³/mol. The maximum Gasteiger partial charge on any atom is 0.325 e. The molecule has 0 aromatic carbocycles. The molecule has 1 aromatic rings. The van der Waals surface area contributed by atoms with E-state index in [0.717, 1.165) is 11.4 Å². The van der Waals surface area contributed by atoms with Crippen LogP contribution < -0.4 is 4.90 Å². The fourth-order valence-corrected chi connectivity index (χ4v) is 1.37. The van der Waals surface area contributed by atoms with Crippen molar-refractivity contribution in [3.8, 4) is 0 Å². The van der Waals surface area contributed by atoms with Crippen LogP contribution in [0, 0.1) is 6.92 Å². The highest BCUT2D eigenvalue weighted by molar-refractivity contribution is 5.74. The Labute approximate surface area is 102 Å². The van der Waals surface area contributed by atoms with Gasteiger partial charge in [0.15, 0.2) is 0 Å². The summed E-state index contributed by atoms with van der Waals surface area (Å²) in [5, 5.41) is 0. The summed E-state index contributed by atoms with van der Waals surface area (Å²) in [6.45, 7) is 6.22. The quantitative estimate of drug-likeness (QED) is 0.743. The zero-order chi connectivity index (χ0) is 13.0. The van der Waals surface area contributed by atoms with Gasteiger partial charge in [0.25, 0.3) is 0 Å². The van der Waals surface area contributed by atoms with Crippen molar-refractivity contribution in [3.63, 3.8) is 0 Å². The number of aryl methyl sites for hydroxylation is 1. The molecule has 0 saturated heterocycles. The average Bonchev–Trinajstić information content (AvgIpc) is 2.27. The highest BCUT2D eigenvalue weighted by Crippen LogP contribution is 2.16. The lowest BCUT2D eigenvalue weighted by Gasteiger charge is -2.17. The zero-order valence-corrected chi connectivity index (χ0v) is 11.0. The molecule has 1 heterocycles. The molecular formula is C12H19N3O2. The lowest BCUT2D eigenvalue weighted by Crippen LogP contribution is -2.28. The van der Waals surface area contributed by atoms with Crippen molar-refractivity contribution in [3.05, 3.63) is 17.5 Å². The first-order valence-electron chi connectivity index (χ1n) is 5.57. The molecule has 17 heavy (non-hydrogen) atoms. The van der Waals surface area contributed by atoms with Gasteiger partial charge in [-0.25, -0.2) is 9.97 Å². The van der Waals surface area contributed by atoms with Crippen LogP contribution in [0.15, 0.2) is 6.07 Å². The molecule has 0 saturated carbocycles. The van der Waals surface area contributed by atoms with E-state index in [1.54, 1.807) is 11.9 Å². The van der Waals surface area contributed by atoms with E-state index < -0.39 is 0 Å². The van der Waals surface area contributed by atoms with Crippen LogP contribution in [0.2, 0.25) is 0 Å². The summed E-state index contributed by atoms with van der Waals surface area (Å²) in [6.07, 6.45) is 0. The number of methoxy groups -OCH3 is 1. The number of likely N-dealkylation sites (N-methyl/N-ethyl adjacent to an activating group) is 1. The number of esters is 1. The molecule has 0 amide bonds. The molecule has 0 N–H and O–H groups in total. The Hall–Kier alpha value is -1.65. The van der Waals surface area contributed by atoms with Gasteiger partial charge in [0.2, 0.25) is 5.95 Å². The Morgan fingerprint density at radius 2 is 2.12 bits per heavy atom. The molecule has 5 heteroatoms. The zero-order valence-electron chi connectivity index (χ0n) is 11.0. The molecule has 1 rings (SSSR count). The number of carbonyl (C=O) groups excluding carboxylic acids is 1. The van der Waals surface area contributed by atoms with Crippen molar-refractivity contribution in [1.29, 1.82) is 0 Å². The van der Waals surface area contributed by atoms with Gasteiger partial charge in [0, 0.05) is 18.4 Å². The number of anilines is 1. The van der Waals surface area contributed by atoms with Crippen LogP contribution in [-0.4, -0.2) is 36.6 Å². The average molecular weight is 237 g/mol. The van der Waals surface area contributed by atoms with Gasteiger partial charge in [0.05, 0.1) is 7.11 Å². The van der Waals surface area contributed by atoms with Crippen LogP contribution in [-0.2, 0) is 9.53 Å². The van der Waals surface area contributed by atoms with E-state index in [-0.39, 0.29) is 12.5 Å². The van der Waals surface area contributed by atoms with Gasteiger partial charge in [-0.1, -0.05) is 13.8 Å². The highest BCUT2D eigenvalue weighted by atomic mass is 16.5. The minimum atomic E-state index is -0.302. The summed E-state index contributed by atoms with van der Waals surface area (Å²) in [6, 6.07) is 1.96. The second-order valence-electron chi connectivity index (χ2n) is 4.32. The van der Waals surface area contributed by atoms with E-state index in [1.165, 1.54) is 7.11 Å². The van der Waals surface area contributed by atoms with E-state index in [1.807, 2.05) is 13.0 Å². The topological polar surface area (TPSA) is 55.3 Å². The van der Waals surface area contributed by atoms with Gasteiger partial charge < -0.3 is 9.64 Å². The predicted octanol–water partition coefficient (Wildman–Crippen LogP) is 1.52. The second kappa shape index (κ2) is 5.61. The number of hydrogen-bond acceptors (Lipinski definition) is 5. The van der Waals surface area contributed by atoms with Crippen LogP contribution in [0.4, 0.5) is 5.95 Å². The van der Waals surface area contributed by atoms with Crippen molar-refractivity contribution < 1.29 is 9.53 Å². The van der Waals surface area contributed by atoms with Crippen LogP contribution in [0.5, 0.6) is 0 Å². The number of ether oxygens (including phenoxy) is 1. The molecule has 0 unspecified atom stereocenters. The molecule has 1 aromatic heterocycles. The minimum absolute atomic E-state index is 0.150. The van der Waals surface area contributed by atoms with Gasteiger partial charge in [0.1, 0.15) is 6.54 Å². The molecule has 0 fully saturated rings. The summed E-state index contributed by atoms with van der Waals surface area (Å²) in [7, 11) is 3.14. The lowest BCUT2D eigenvalue weighted by molar-refractivity contribution is -0.138. The summed E-state index contributed by atoms with van der Waals surface area (Å²) in [4.78, 5) is 21.6. The van der Waals surface area contributed by atoms with Crippen molar-refractivity contribution in [1.82, 2.24) is 9.97 Å². The normalized spacial score (nSPS) is 10.5. The molecule has 0 aliphatic carbocycles. The first-order chi connectivity index (χ1) is 7.93. The SMILES string of the molecule is COC(=O)CN(C)c1nc(C)cc(C(C)C)n1. The molecule has 0 bridgehead atoms. The third-order valence-corrected chi connectivity index (χ3v) is 2.39. The maximum absolute atomic E-state index is 11.2. The molecule has 0 aliphatic rings. The Morgan fingerprint density at radius 1 is 1.47 bits per heavy atom. The number of carbonyl (C=O) groups is 1. The number of nitrogens with zero attached hydrogens (tertiary/aromatic N) is 3. The van der Waals surface area contributed by atoms with Gasteiger partial charge >= 0.3 is 5.97 Å². The molecule has 94 valence electrons. The van der Waals surface area contributed by atoms with E-state index in [0.29, 0.717) is 11.9 Å². The Morgan fingerprint density at radius 3 is 2.65 bits per heavy atom. The number of hydrogen-bond donors (Lipinski definition) is 0. The van der Waals surface area contributed by atoms with Crippen molar-refractivity contribution in [2.45, 2.75) is 26.7 Å². The standard InChI is InChI=1S/C12H19N3O2/c1-8(2)10-6-9(3)13-12(14-10)15(4)7-11(16)17-5/h6,8H,7H2,1-5H3. The summed E-state index contributed by atoms with van der Waals surface area (Å²) < 4.78 is 4.61. The first kappa shape index (κ1) is 13.4. The van der Waals surface area contributed by atoms with E-state index in [2.05, 4.69) is 28.6 Å². The van der Waals surface area contributed by atoms with Crippen LogP contribution >= 0.6 is 0 Å². The van der Waals surface area contributed by atoms with Gasteiger partial charge in [-0.2, -0.15) is 0 Å². The highest BCUT2D eigenvalue weighted by Gasteiger charge is 2.12. The first-order valence-corrected chi connectivity index (χ1v) is 5.57. The minimum Gasteiger partial charge on any atom is -0.468 e. The number of rotatable bonds is 4. The van der Waals surface area contributed by atoms with E-state index >= 15 is 0 Å². The van der Waals surface area contributed by atoms with E-state index in [4.69, 9.17) is 0 Å². The lowest BCUT2D eigenvalue weighted by atomic mass is 10.1. The van der Waals surface area contributed by atoms with Crippen molar-refractivity contribution >= 4 is 11.9 Å². The smallest absolute Gasteiger partial charge is 0.325 e. The third-order valence-electron chi connectivity index (χ3n) is 2.39. The van der Waals surface area contributed by atoms with Crippen LogP contribution in [0.25, 0.3) is 0 Å². The Balaban J connectivity index is 2.93.